The molecule has 2 aromatic carbocycles. The lowest BCUT2D eigenvalue weighted by Crippen LogP contribution is -2.20. The van der Waals surface area contributed by atoms with E-state index in [0.29, 0.717) is 21.5 Å². The first-order chi connectivity index (χ1) is 9.54. The molecule has 0 aliphatic heterocycles. The molecule has 104 valence electrons. The molecule has 0 bridgehead atoms. The van der Waals surface area contributed by atoms with Crippen LogP contribution in [0, 0.1) is 6.92 Å². The average molecular weight is 310 g/mol. The van der Waals surface area contributed by atoms with Gasteiger partial charge in [0.2, 0.25) is 0 Å². The van der Waals surface area contributed by atoms with E-state index in [9.17, 15) is 4.79 Å². The Balaban J connectivity index is 1.90. The van der Waals surface area contributed by atoms with Crippen LogP contribution in [0.4, 0.5) is 5.69 Å². The molecule has 0 saturated carbocycles. The predicted molar refractivity (Wildman–Crippen MR) is 81.8 cm³/mol. The summed E-state index contributed by atoms with van der Waals surface area (Å²) >= 11 is 11.8. The van der Waals surface area contributed by atoms with E-state index in [4.69, 9.17) is 27.9 Å². The van der Waals surface area contributed by atoms with Crippen LogP contribution in [0.15, 0.2) is 42.5 Å². The van der Waals surface area contributed by atoms with Gasteiger partial charge < -0.3 is 10.1 Å². The van der Waals surface area contributed by atoms with Crippen LogP contribution in [0.1, 0.15) is 5.56 Å². The smallest absolute Gasteiger partial charge is 0.262 e. The molecule has 0 radical (unpaired) electrons. The number of carbonyl (C=O) groups is 1. The van der Waals surface area contributed by atoms with Crippen molar-refractivity contribution in [2.45, 2.75) is 6.92 Å². The second kappa shape index (κ2) is 6.64. The maximum absolute atomic E-state index is 11.7. The van der Waals surface area contributed by atoms with E-state index in [1.807, 2.05) is 6.92 Å². The van der Waals surface area contributed by atoms with Gasteiger partial charge in [-0.2, -0.15) is 0 Å². The molecule has 0 atom stereocenters. The second-order valence-corrected chi connectivity index (χ2v) is 5.10. The first-order valence-corrected chi connectivity index (χ1v) is 6.74. The highest BCUT2D eigenvalue weighted by Gasteiger charge is 2.05. The molecule has 5 heteroatoms. The molecule has 1 N–H and O–H groups in total. The first kappa shape index (κ1) is 14.7. The standard InChI is InChI=1S/C15H13Cl2NO2/c1-10-7-13(5-6-14(10)17)20-9-15(19)18-12-4-2-3-11(16)8-12/h2-8H,9H2,1H3,(H,18,19). The number of nitrogens with one attached hydrogen (secondary N) is 1. The highest BCUT2D eigenvalue weighted by Crippen LogP contribution is 2.21. The first-order valence-electron chi connectivity index (χ1n) is 5.99. The summed E-state index contributed by atoms with van der Waals surface area (Å²) < 4.78 is 5.40. The lowest BCUT2D eigenvalue weighted by Gasteiger charge is -2.08. The van der Waals surface area contributed by atoms with Gasteiger partial charge in [0.05, 0.1) is 0 Å². The van der Waals surface area contributed by atoms with E-state index in [-0.39, 0.29) is 12.5 Å². The Morgan fingerprint density at radius 1 is 1.20 bits per heavy atom. The van der Waals surface area contributed by atoms with E-state index in [2.05, 4.69) is 5.32 Å². The van der Waals surface area contributed by atoms with Crippen molar-refractivity contribution in [2.75, 3.05) is 11.9 Å². The van der Waals surface area contributed by atoms with Gasteiger partial charge in [0.25, 0.3) is 5.91 Å². The SMILES string of the molecule is Cc1cc(OCC(=O)Nc2cccc(Cl)c2)ccc1Cl. The molecule has 0 saturated heterocycles. The van der Waals surface area contributed by atoms with Gasteiger partial charge in [0.1, 0.15) is 5.75 Å². The minimum Gasteiger partial charge on any atom is -0.484 e. The van der Waals surface area contributed by atoms with E-state index in [1.165, 1.54) is 0 Å². The zero-order valence-corrected chi connectivity index (χ0v) is 12.3. The third-order valence-electron chi connectivity index (χ3n) is 2.61. The maximum Gasteiger partial charge on any atom is 0.262 e. The maximum atomic E-state index is 11.7. The van der Waals surface area contributed by atoms with Crippen LogP contribution in [0.25, 0.3) is 0 Å². The quantitative estimate of drug-likeness (QED) is 0.913. The van der Waals surface area contributed by atoms with Gasteiger partial charge in [-0.1, -0.05) is 29.3 Å². The summed E-state index contributed by atoms with van der Waals surface area (Å²) in [5.41, 5.74) is 1.54. The molecule has 0 fully saturated rings. The normalized spacial score (nSPS) is 10.2. The number of ether oxygens (including phenoxy) is 1. The van der Waals surface area contributed by atoms with Crippen molar-refractivity contribution in [3.8, 4) is 5.75 Å². The number of hydrogen-bond acceptors (Lipinski definition) is 2. The Morgan fingerprint density at radius 2 is 2.00 bits per heavy atom. The van der Waals surface area contributed by atoms with Crippen LogP contribution in [0.5, 0.6) is 5.75 Å². The van der Waals surface area contributed by atoms with Crippen LogP contribution < -0.4 is 10.1 Å². The number of amides is 1. The molecule has 0 heterocycles. The number of benzene rings is 2. The summed E-state index contributed by atoms with van der Waals surface area (Å²) in [6, 6.07) is 12.2. The number of hydrogen-bond donors (Lipinski definition) is 1. The lowest BCUT2D eigenvalue weighted by molar-refractivity contribution is -0.118. The average Bonchev–Trinajstić information content (AvgIpc) is 2.40. The summed E-state index contributed by atoms with van der Waals surface area (Å²) in [5.74, 6) is 0.355. The molecule has 2 rings (SSSR count). The van der Waals surface area contributed by atoms with Crippen molar-refractivity contribution in [2.24, 2.45) is 0 Å². The molecule has 0 aliphatic rings. The van der Waals surface area contributed by atoms with E-state index in [1.54, 1.807) is 42.5 Å². The number of rotatable bonds is 4. The summed E-state index contributed by atoms with van der Waals surface area (Å²) in [6.07, 6.45) is 0. The van der Waals surface area contributed by atoms with Crippen LogP contribution in [0.3, 0.4) is 0 Å². The molecular formula is C15H13Cl2NO2. The van der Waals surface area contributed by atoms with Gasteiger partial charge in [-0.05, 0) is 48.9 Å². The molecule has 3 nitrogen and oxygen atoms in total. The molecular weight excluding hydrogens is 297 g/mol. The van der Waals surface area contributed by atoms with E-state index in [0.717, 1.165) is 5.56 Å². The molecule has 0 aromatic heterocycles. The fraction of sp³-hybridized carbons (Fsp3) is 0.133. The number of halogens is 2. The highest BCUT2D eigenvalue weighted by molar-refractivity contribution is 6.31. The lowest BCUT2D eigenvalue weighted by atomic mass is 10.2. The van der Waals surface area contributed by atoms with Gasteiger partial charge in [0.15, 0.2) is 6.61 Å². The van der Waals surface area contributed by atoms with E-state index >= 15 is 0 Å². The van der Waals surface area contributed by atoms with Gasteiger partial charge in [-0.25, -0.2) is 0 Å². The minimum absolute atomic E-state index is 0.0758. The summed E-state index contributed by atoms with van der Waals surface area (Å²) in [6.45, 7) is 1.80. The molecule has 0 aliphatic carbocycles. The van der Waals surface area contributed by atoms with Crippen molar-refractivity contribution in [3.63, 3.8) is 0 Å². The molecule has 0 spiro atoms. The Hall–Kier alpha value is -1.71. The second-order valence-electron chi connectivity index (χ2n) is 4.26. The van der Waals surface area contributed by atoms with Crippen molar-refractivity contribution < 1.29 is 9.53 Å². The Morgan fingerprint density at radius 3 is 2.70 bits per heavy atom. The van der Waals surface area contributed by atoms with Crippen LogP contribution in [0.2, 0.25) is 10.0 Å². The minimum atomic E-state index is -0.250. The number of aryl methyl sites for hydroxylation is 1. The van der Waals surface area contributed by atoms with Gasteiger partial charge in [0, 0.05) is 15.7 Å². The fourth-order valence-electron chi connectivity index (χ4n) is 1.62. The monoisotopic (exact) mass is 309 g/mol. The van der Waals surface area contributed by atoms with Crippen LogP contribution in [-0.2, 0) is 4.79 Å². The van der Waals surface area contributed by atoms with Crippen molar-refractivity contribution in [1.29, 1.82) is 0 Å². The van der Waals surface area contributed by atoms with Crippen molar-refractivity contribution in [3.05, 3.63) is 58.1 Å². The topological polar surface area (TPSA) is 38.3 Å². The molecule has 0 unspecified atom stereocenters. The predicted octanol–water partition coefficient (Wildman–Crippen LogP) is 4.32. The van der Waals surface area contributed by atoms with Gasteiger partial charge >= 0.3 is 0 Å². The van der Waals surface area contributed by atoms with Crippen molar-refractivity contribution >= 4 is 34.8 Å². The largest absolute Gasteiger partial charge is 0.484 e. The van der Waals surface area contributed by atoms with Gasteiger partial charge in [-0.15, -0.1) is 0 Å². The third kappa shape index (κ3) is 4.15. The fourth-order valence-corrected chi connectivity index (χ4v) is 1.93. The van der Waals surface area contributed by atoms with Crippen LogP contribution in [-0.4, -0.2) is 12.5 Å². The Labute approximate surface area is 127 Å². The van der Waals surface area contributed by atoms with Crippen molar-refractivity contribution in [1.82, 2.24) is 0 Å². The summed E-state index contributed by atoms with van der Waals surface area (Å²) in [5, 5.41) is 3.94. The highest BCUT2D eigenvalue weighted by atomic mass is 35.5. The molecule has 1 amide bonds. The summed E-state index contributed by atoms with van der Waals surface area (Å²) in [4.78, 5) is 11.7. The molecule has 2 aromatic rings. The Bertz CT molecular complexity index is 629. The third-order valence-corrected chi connectivity index (χ3v) is 3.27. The number of carbonyl (C=O) groups excluding carboxylic acids is 1. The molecule has 20 heavy (non-hydrogen) atoms. The zero-order chi connectivity index (χ0) is 14.5. The van der Waals surface area contributed by atoms with Crippen LogP contribution >= 0.6 is 23.2 Å². The zero-order valence-electron chi connectivity index (χ0n) is 10.8. The Kier molecular flexibility index (Phi) is 4.88. The van der Waals surface area contributed by atoms with Gasteiger partial charge in [-0.3, -0.25) is 4.79 Å². The van der Waals surface area contributed by atoms with E-state index < -0.39 is 0 Å². The number of anilines is 1. The summed E-state index contributed by atoms with van der Waals surface area (Å²) in [7, 11) is 0.